The Morgan fingerprint density at radius 2 is 1.74 bits per heavy atom. The topological polar surface area (TPSA) is 55.8 Å². The minimum atomic E-state index is -0.523. The van der Waals surface area contributed by atoms with Gasteiger partial charge in [0.15, 0.2) is 6.29 Å². The van der Waals surface area contributed by atoms with Crippen LogP contribution in [0.5, 0.6) is 0 Å². The van der Waals surface area contributed by atoms with E-state index >= 15 is 0 Å². The third kappa shape index (κ3) is 2.67. The average molecular weight is 263 g/mol. The first-order chi connectivity index (χ1) is 9.19. The van der Waals surface area contributed by atoms with Gasteiger partial charge < -0.3 is 9.47 Å². The molecule has 1 heterocycles. The van der Waals surface area contributed by atoms with E-state index in [1.807, 2.05) is 13.8 Å². The van der Waals surface area contributed by atoms with E-state index in [9.17, 15) is 9.59 Å². The first kappa shape index (κ1) is 13.7. The Balaban J connectivity index is 2.20. The Hall–Kier alpha value is -1.72. The predicted molar refractivity (Wildman–Crippen MR) is 70.2 cm³/mol. The van der Waals surface area contributed by atoms with E-state index in [2.05, 4.69) is 0 Å². The van der Waals surface area contributed by atoms with E-state index in [4.69, 9.17) is 9.47 Å². The molecule has 2 rings (SSSR count). The summed E-state index contributed by atoms with van der Waals surface area (Å²) in [4.78, 5) is 25.2. The van der Waals surface area contributed by atoms with Gasteiger partial charge in [-0.05, 0) is 26.0 Å². The van der Waals surface area contributed by atoms with E-state index in [1.165, 1.54) is 4.90 Å². The van der Waals surface area contributed by atoms with Crippen molar-refractivity contribution in [2.45, 2.75) is 20.1 Å². The minimum Gasteiger partial charge on any atom is -0.351 e. The molecule has 0 fully saturated rings. The second-order valence-electron chi connectivity index (χ2n) is 4.10. The number of amides is 1. The number of carbonyl (C=O) groups is 2. The summed E-state index contributed by atoms with van der Waals surface area (Å²) >= 11 is 0. The average Bonchev–Trinajstić information content (AvgIpc) is 2.65. The Morgan fingerprint density at radius 1 is 1.11 bits per heavy atom. The molecular formula is C14H17NO4. The van der Waals surface area contributed by atoms with Crippen molar-refractivity contribution >= 4 is 17.4 Å². The molecule has 0 saturated heterocycles. The normalized spacial score (nSPS) is 14.4. The molecule has 1 aliphatic rings. The highest BCUT2D eigenvalue weighted by atomic mass is 16.7. The molecule has 19 heavy (non-hydrogen) atoms. The maximum absolute atomic E-state index is 12.0. The summed E-state index contributed by atoms with van der Waals surface area (Å²) in [5, 5.41) is 0. The van der Waals surface area contributed by atoms with Crippen LogP contribution in [0.25, 0.3) is 0 Å². The second-order valence-corrected chi connectivity index (χ2v) is 4.10. The lowest BCUT2D eigenvalue weighted by Gasteiger charge is -2.23. The third-order valence-corrected chi connectivity index (χ3v) is 2.92. The fraction of sp³-hybridized carbons (Fsp3) is 0.429. The molecule has 5 heteroatoms. The molecule has 5 nitrogen and oxygen atoms in total. The fourth-order valence-electron chi connectivity index (χ4n) is 2.10. The van der Waals surface area contributed by atoms with Crippen LogP contribution in [0.2, 0.25) is 0 Å². The highest BCUT2D eigenvalue weighted by Gasteiger charge is 2.36. The number of rotatable bonds is 6. The van der Waals surface area contributed by atoms with Crippen LogP contribution < -0.4 is 4.90 Å². The Bertz CT molecular complexity index is 480. The number of fused-ring (bicyclic) bond motifs is 1. The number of para-hydroxylation sites is 1. The zero-order valence-corrected chi connectivity index (χ0v) is 11.1. The largest absolute Gasteiger partial charge is 0.351 e. The molecule has 1 aromatic rings. The molecule has 0 radical (unpaired) electrons. The molecule has 0 aromatic heterocycles. The van der Waals surface area contributed by atoms with E-state index in [1.54, 1.807) is 24.3 Å². The Kier molecular flexibility index (Phi) is 4.29. The fourth-order valence-corrected chi connectivity index (χ4v) is 2.10. The van der Waals surface area contributed by atoms with Gasteiger partial charge in [0.25, 0.3) is 11.7 Å². The molecule has 102 valence electrons. The second kappa shape index (κ2) is 5.95. The molecule has 0 saturated carbocycles. The zero-order chi connectivity index (χ0) is 13.8. The SMILES string of the molecule is CCOC(CN1C(=O)C(=O)c2ccccc21)OCC. The zero-order valence-electron chi connectivity index (χ0n) is 11.1. The molecule has 1 aliphatic heterocycles. The van der Waals surface area contributed by atoms with Crippen LogP contribution in [-0.2, 0) is 14.3 Å². The molecule has 0 aliphatic carbocycles. The number of Topliss-reactive ketones (excluding diaryl/α,β-unsaturated/α-hetero) is 1. The summed E-state index contributed by atoms with van der Waals surface area (Å²) < 4.78 is 10.8. The maximum Gasteiger partial charge on any atom is 0.299 e. The van der Waals surface area contributed by atoms with Gasteiger partial charge >= 0.3 is 0 Å². The van der Waals surface area contributed by atoms with Gasteiger partial charge in [0.1, 0.15) is 0 Å². The highest BCUT2D eigenvalue weighted by Crippen LogP contribution is 2.28. The smallest absolute Gasteiger partial charge is 0.299 e. The summed E-state index contributed by atoms with van der Waals surface area (Å²) in [5.74, 6) is -0.993. The van der Waals surface area contributed by atoms with Crippen LogP contribution in [0, 0.1) is 0 Å². The molecule has 0 unspecified atom stereocenters. The van der Waals surface area contributed by atoms with Gasteiger partial charge in [0.2, 0.25) is 0 Å². The lowest BCUT2D eigenvalue weighted by Crippen LogP contribution is -2.39. The molecule has 0 N–H and O–H groups in total. The van der Waals surface area contributed by atoms with Gasteiger partial charge in [-0.25, -0.2) is 0 Å². The van der Waals surface area contributed by atoms with Crippen molar-refractivity contribution in [3.63, 3.8) is 0 Å². The molecule has 1 aromatic carbocycles. The number of nitrogens with zero attached hydrogens (tertiary/aromatic N) is 1. The number of hydrogen-bond acceptors (Lipinski definition) is 4. The summed E-state index contributed by atoms with van der Waals surface area (Å²) in [7, 11) is 0. The number of benzene rings is 1. The van der Waals surface area contributed by atoms with Crippen molar-refractivity contribution in [3.05, 3.63) is 29.8 Å². The number of ether oxygens (including phenoxy) is 2. The third-order valence-electron chi connectivity index (χ3n) is 2.92. The summed E-state index contributed by atoms with van der Waals surface area (Å²) in [6.07, 6.45) is -0.516. The molecule has 0 atom stereocenters. The Morgan fingerprint density at radius 3 is 2.37 bits per heavy atom. The van der Waals surface area contributed by atoms with Crippen LogP contribution in [-0.4, -0.2) is 37.7 Å². The van der Waals surface area contributed by atoms with Gasteiger partial charge in [-0.1, -0.05) is 12.1 Å². The van der Waals surface area contributed by atoms with Crippen LogP contribution >= 0.6 is 0 Å². The quantitative estimate of drug-likeness (QED) is 0.578. The number of anilines is 1. The van der Waals surface area contributed by atoms with Gasteiger partial charge in [0, 0.05) is 13.2 Å². The monoisotopic (exact) mass is 263 g/mol. The lowest BCUT2D eigenvalue weighted by atomic mass is 10.1. The van der Waals surface area contributed by atoms with E-state index in [0.29, 0.717) is 24.5 Å². The molecular weight excluding hydrogens is 246 g/mol. The van der Waals surface area contributed by atoms with Gasteiger partial charge in [-0.15, -0.1) is 0 Å². The van der Waals surface area contributed by atoms with Crippen molar-refractivity contribution < 1.29 is 19.1 Å². The number of ketones is 1. The first-order valence-electron chi connectivity index (χ1n) is 6.37. The summed E-state index contributed by atoms with van der Waals surface area (Å²) in [5.41, 5.74) is 1.07. The van der Waals surface area contributed by atoms with Crippen molar-refractivity contribution in [2.75, 3.05) is 24.7 Å². The number of carbonyl (C=O) groups excluding carboxylic acids is 2. The van der Waals surface area contributed by atoms with E-state index in [-0.39, 0.29) is 6.54 Å². The highest BCUT2D eigenvalue weighted by molar-refractivity contribution is 6.52. The van der Waals surface area contributed by atoms with Crippen molar-refractivity contribution in [1.82, 2.24) is 0 Å². The number of hydrogen-bond donors (Lipinski definition) is 0. The van der Waals surface area contributed by atoms with Gasteiger partial charge in [-0.2, -0.15) is 0 Å². The van der Waals surface area contributed by atoms with E-state index < -0.39 is 18.0 Å². The van der Waals surface area contributed by atoms with Crippen molar-refractivity contribution in [1.29, 1.82) is 0 Å². The Labute approximate surface area is 112 Å². The lowest BCUT2D eigenvalue weighted by molar-refractivity contribution is -0.134. The molecule has 0 spiro atoms. The summed E-state index contributed by atoms with van der Waals surface area (Å²) in [6.45, 7) is 4.92. The minimum absolute atomic E-state index is 0.225. The summed E-state index contributed by atoms with van der Waals surface area (Å²) in [6, 6.07) is 6.96. The van der Waals surface area contributed by atoms with Crippen LogP contribution in [0.3, 0.4) is 0 Å². The van der Waals surface area contributed by atoms with E-state index in [0.717, 1.165) is 0 Å². The van der Waals surface area contributed by atoms with Crippen LogP contribution in [0.15, 0.2) is 24.3 Å². The van der Waals surface area contributed by atoms with Crippen LogP contribution in [0.4, 0.5) is 5.69 Å². The standard InChI is InChI=1S/C14H17NO4/c1-3-18-12(19-4-2)9-15-11-8-6-5-7-10(11)13(16)14(15)17/h5-8,12H,3-4,9H2,1-2H3. The van der Waals surface area contributed by atoms with Crippen molar-refractivity contribution in [2.24, 2.45) is 0 Å². The predicted octanol–water partition coefficient (Wildman–Crippen LogP) is 1.61. The van der Waals surface area contributed by atoms with Crippen LogP contribution in [0.1, 0.15) is 24.2 Å². The van der Waals surface area contributed by atoms with Gasteiger partial charge in [-0.3, -0.25) is 14.5 Å². The van der Waals surface area contributed by atoms with Gasteiger partial charge in [0.05, 0.1) is 17.8 Å². The maximum atomic E-state index is 12.0. The molecule has 1 amide bonds. The molecule has 0 bridgehead atoms. The van der Waals surface area contributed by atoms with Crippen molar-refractivity contribution in [3.8, 4) is 0 Å². The first-order valence-corrected chi connectivity index (χ1v) is 6.37.